The number of halogens is 2. The van der Waals surface area contributed by atoms with Gasteiger partial charge in [-0.05, 0) is 17.7 Å². The number of carbonyl (C=O) groups is 1. The Morgan fingerprint density at radius 2 is 2.14 bits per heavy atom. The van der Waals surface area contributed by atoms with Crippen molar-refractivity contribution in [3.8, 4) is 0 Å². The Morgan fingerprint density at radius 3 is 2.81 bits per heavy atom. The predicted molar refractivity (Wildman–Crippen MR) is 83.5 cm³/mol. The van der Waals surface area contributed by atoms with Crippen LogP contribution in [0.4, 0.5) is 0 Å². The van der Waals surface area contributed by atoms with E-state index >= 15 is 0 Å². The molecule has 1 aromatic heterocycles. The van der Waals surface area contributed by atoms with Crippen LogP contribution in [0.2, 0.25) is 10.0 Å². The number of hydrogen-bond donors (Lipinski definition) is 1. The van der Waals surface area contributed by atoms with Crippen molar-refractivity contribution in [3.05, 3.63) is 52.0 Å². The quantitative estimate of drug-likeness (QED) is 0.917. The molecule has 0 aliphatic carbocycles. The van der Waals surface area contributed by atoms with Crippen molar-refractivity contribution in [2.24, 2.45) is 5.73 Å². The average Bonchev–Trinajstić information content (AvgIpc) is 2.91. The van der Waals surface area contributed by atoms with Crippen LogP contribution in [0.25, 0.3) is 0 Å². The minimum absolute atomic E-state index is 0.156. The van der Waals surface area contributed by atoms with Gasteiger partial charge in [-0.15, -0.1) is 0 Å². The number of imidazole rings is 1. The molecule has 1 aromatic carbocycles. The highest BCUT2D eigenvalue weighted by Gasteiger charge is 2.15. The molecule has 1 heterocycles. The Labute approximate surface area is 133 Å². The molecule has 1 amide bonds. The van der Waals surface area contributed by atoms with Crippen LogP contribution in [0.5, 0.6) is 0 Å². The molecule has 0 atom stereocenters. The second kappa shape index (κ2) is 6.93. The highest BCUT2D eigenvalue weighted by molar-refractivity contribution is 6.42. The van der Waals surface area contributed by atoms with Gasteiger partial charge in [0.15, 0.2) is 0 Å². The Balaban J connectivity index is 2.05. The lowest BCUT2D eigenvalue weighted by molar-refractivity contribution is 0.0779. The zero-order chi connectivity index (χ0) is 15.4. The lowest BCUT2D eigenvalue weighted by Gasteiger charge is -2.16. The molecule has 2 aromatic rings. The van der Waals surface area contributed by atoms with E-state index in [1.165, 1.54) is 0 Å². The van der Waals surface area contributed by atoms with Crippen LogP contribution in [-0.2, 0) is 13.1 Å². The summed E-state index contributed by atoms with van der Waals surface area (Å²) in [5.41, 5.74) is 6.77. The van der Waals surface area contributed by atoms with Crippen LogP contribution in [0.3, 0.4) is 0 Å². The summed E-state index contributed by atoms with van der Waals surface area (Å²) in [5, 5.41) is 0.970. The highest BCUT2D eigenvalue weighted by Crippen LogP contribution is 2.23. The van der Waals surface area contributed by atoms with Gasteiger partial charge in [0, 0.05) is 32.9 Å². The summed E-state index contributed by atoms with van der Waals surface area (Å²) >= 11 is 11.8. The smallest absolute Gasteiger partial charge is 0.274 e. The van der Waals surface area contributed by atoms with Gasteiger partial charge in [0.05, 0.1) is 16.4 Å². The Morgan fingerprint density at radius 1 is 1.38 bits per heavy atom. The van der Waals surface area contributed by atoms with Crippen molar-refractivity contribution >= 4 is 29.1 Å². The fraction of sp³-hybridized carbons (Fsp3) is 0.286. The topological polar surface area (TPSA) is 64.2 Å². The fourth-order valence-corrected chi connectivity index (χ4v) is 2.24. The van der Waals surface area contributed by atoms with Crippen LogP contribution in [0.1, 0.15) is 16.1 Å². The molecule has 0 spiro atoms. The zero-order valence-electron chi connectivity index (χ0n) is 11.6. The summed E-state index contributed by atoms with van der Waals surface area (Å²) in [6.45, 7) is 1.57. The zero-order valence-corrected chi connectivity index (χ0v) is 13.1. The summed E-state index contributed by atoms with van der Waals surface area (Å²) in [5.74, 6) is -0.156. The van der Waals surface area contributed by atoms with Crippen LogP contribution in [-0.4, -0.2) is 34.0 Å². The largest absolute Gasteiger partial charge is 0.336 e. The van der Waals surface area contributed by atoms with E-state index < -0.39 is 0 Å². The van der Waals surface area contributed by atoms with Crippen molar-refractivity contribution in [3.63, 3.8) is 0 Å². The lowest BCUT2D eigenvalue weighted by atomic mass is 10.2. The normalized spacial score (nSPS) is 10.7. The van der Waals surface area contributed by atoms with Crippen molar-refractivity contribution < 1.29 is 4.79 Å². The Bertz CT molecular complexity index is 642. The van der Waals surface area contributed by atoms with Gasteiger partial charge in [-0.25, -0.2) is 4.98 Å². The SMILES string of the molecule is CN(Cc1ccc(Cl)c(Cl)c1)C(=O)c1cn(CCN)cn1. The molecule has 0 fully saturated rings. The third-order valence-corrected chi connectivity index (χ3v) is 3.73. The maximum atomic E-state index is 12.3. The van der Waals surface area contributed by atoms with Gasteiger partial charge in [0.1, 0.15) is 5.69 Å². The predicted octanol–water partition coefficient (Wildman–Crippen LogP) is 2.42. The van der Waals surface area contributed by atoms with E-state index in [9.17, 15) is 4.79 Å². The molecule has 112 valence electrons. The van der Waals surface area contributed by atoms with E-state index in [1.807, 2.05) is 6.07 Å². The first-order valence-corrected chi connectivity index (χ1v) is 7.18. The van der Waals surface area contributed by atoms with Gasteiger partial charge in [-0.3, -0.25) is 4.79 Å². The summed E-state index contributed by atoms with van der Waals surface area (Å²) in [7, 11) is 1.72. The molecular formula is C14H16Cl2N4O. The van der Waals surface area contributed by atoms with E-state index in [-0.39, 0.29) is 5.91 Å². The number of aromatic nitrogens is 2. The molecule has 0 radical (unpaired) electrons. The second-order valence-electron chi connectivity index (χ2n) is 4.70. The Hall–Kier alpha value is -1.56. The molecule has 5 nitrogen and oxygen atoms in total. The van der Waals surface area contributed by atoms with E-state index in [4.69, 9.17) is 28.9 Å². The molecular weight excluding hydrogens is 311 g/mol. The van der Waals surface area contributed by atoms with Crippen molar-refractivity contribution in [1.29, 1.82) is 0 Å². The number of nitrogens with two attached hydrogens (primary N) is 1. The third-order valence-electron chi connectivity index (χ3n) is 2.99. The maximum absolute atomic E-state index is 12.3. The minimum atomic E-state index is -0.156. The van der Waals surface area contributed by atoms with Gasteiger partial charge in [-0.1, -0.05) is 29.3 Å². The Kier molecular flexibility index (Phi) is 5.22. The maximum Gasteiger partial charge on any atom is 0.274 e. The fourth-order valence-electron chi connectivity index (χ4n) is 1.92. The van der Waals surface area contributed by atoms with Crippen molar-refractivity contribution in [2.45, 2.75) is 13.1 Å². The number of nitrogens with zero attached hydrogens (tertiary/aromatic N) is 3. The molecule has 2 N–H and O–H groups in total. The number of amides is 1. The number of rotatable bonds is 5. The summed E-state index contributed by atoms with van der Waals surface area (Å²) in [4.78, 5) is 18.0. The van der Waals surface area contributed by atoms with E-state index in [0.29, 0.717) is 35.4 Å². The number of hydrogen-bond acceptors (Lipinski definition) is 3. The van der Waals surface area contributed by atoms with Crippen LogP contribution in [0, 0.1) is 0 Å². The third kappa shape index (κ3) is 3.97. The van der Waals surface area contributed by atoms with E-state index in [2.05, 4.69) is 4.98 Å². The molecule has 0 aliphatic heterocycles. The monoisotopic (exact) mass is 326 g/mol. The summed E-state index contributed by atoms with van der Waals surface area (Å²) < 4.78 is 1.79. The van der Waals surface area contributed by atoms with Crippen molar-refractivity contribution in [1.82, 2.24) is 14.5 Å². The molecule has 0 saturated heterocycles. The van der Waals surface area contributed by atoms with Crippen LogP contribution >= 0.6 is 23.2 Å². The number of carbonyl (C=O) groups excluding carboxylic acids is 1. The van der Waals surface area contributed by atoms with Gasteiger partial charge >= 0.3 is 0 Å². The van der Waals surface area contributed by atoms with Gasteiger partial charge in [0.25, 0.3) is 5.91 Å². The van der Waals surface area contributed by atoms with E-state index in [1.54, 1.807) is 41.2 Å². The van der Waals surface area contributed by atoms with Crippen LogP contribution < -0.4 is 5.73 Å². The molecule has 0 aliphatic rings. The highest BCUT2D eigenvalue weighted by atomic mass is 35.5. The molecule has 0 saturated carbocycles. The lowest BCUT2D eigenvalue weighted by Crippen LogP contribution is -2.26. The van der Waals surface area contributed by atoms with Crippen molar-refractivity contribution in [2.75, 3.05) is 13.6 Å². The molecule has 2 rings (SSSR count). The minimum Gasteiger partial charge on any atom is -0.336 e. The first kappa shape index (κ1) is 15.8. The molecule has 7 heteroatoms. The molecule has 0 unspecified atom stereocenters. The first-order chi connectivity index (χ1) is 10.0. The molecule has 0 bridgehead atoms. The average molecular weight is 327 g/mol. The van der Waals surface area contributed by atoms with Gasteiger partial charge in [-0.2, -0.15) is 0 Å². The summed E-state index contributed by atoms with van der Waals surface area (Å²) in [6.07, 6.45) is 3.30. The first-order valence-electron chi connectivity index (χ1n) is 6.42. The van der Waals surface area contributed by atoms with E-state index in [0.717, 1.165) is 5.56 Å². The van der Waals surface area contributed by atoms with Crippen LogP contribution in [0.15, 0.2) is 30.7 Å². The molecule has 21 heavy (non-hydrogen) atoms. The van der Waals surface area contributed by atoms with Gasteiger partial charge in [0.2, 0.25) is 0 Å². The second-order valence-corrected chi connectivity index (χ2v) is 5.51. The number of benzene rings is 1. The standard InChI is InChI=1S/C14H16Cl2N4O/c1-19(7-10-2-3-11(15)12(16)6-10)14(21)13-8-20(5-4-17)9-18-13/h2-3,6,8-9H,4-5,7,17H2,1H3. The summed E-state index contributed by atoms with van der Waals surface area (Å²) in [6, 6.07) is 5.30. The van der Waals surface area contributed by atoms with Gasteiger partial charge < -0.3 is 15.2 Å².